The number of hydrogen-bond donors (Lipinski definition) is 2. The highest BCUT2D eigenvalue weighted by atomic mass is 35.5. The van der Waals surface area contributed by atoms with Crippen molar-refractivity contribution < 1.29 is 28.2 Å². The van der Waals surface area contributed by atoms with Crippen LogP contribution in [0.3, 0.4) is 0 Å². The summed E-state index contributed by atoms with van der Waals surface area (Å²) in [6, 6.07) is 8.19. The number of aromatic nitrogens is 2. The van der Waals surface area contributed by atoms with Crippen LogP contribution in [0.1, 0.15) is 32.1 Å². The minimum Gasteiger partial charge on any atom is -0.491 e. The van der Waals surface area contributed by atoms with Gasteiger partial charge in [0.2, 0.25) is 5.91 Å². The largest absolute Gasteiger partial charge is 0.491 e. The van der Waals surface area contributed by atoms with Gasteiger partial charge in [-0.3, -0.25) is 9.59 Å². The SMILES string of the molecule is O=C1OCCC1SC1CCN(C(=O)C=CCNc2cc3c(Nc4ccc(F)c(Cl)c4)ncnc3cc2OCC2CCOCC2)CC1. The fourth-order valence-corrected chi connectivity index (χ4v) is 7.29. The van der Waals surface area contributed by atoms with E-state index in [4.69, 9.17) is 25.8 Å². The number of nitrogens with zero attached hydrogens (tertiary/aromatic N) is 3. The van der Waals surface area contributed by atoms with Crippen LogP contribution in [-0.2, 0) is 19.1 Å². The monoisotopic (exact) mass is 669 g/mol. The molecule has 2 N–H and O–H groups in total. The van der Waals surface area contributed by atoms with Crippen molar-refractivity contribution in [1.82, 2.24) is 14.9 Å². The molecule has 6 rings (SSSR count). The zero-order chi connectivity index (χ0) is 31.9. The molecule has 1 amide bonds. The van der Waals surface area contributed by atoms with Gasteiger partial charge in [0.05, 0.1) is 29.4 Å². The van der Waals surface area contributed by atoms with E-state index in [-0.39, 0.29) is 22.1 Å². The minimum absolute atomic E-state index is 0.00905. The summed E-state index contributed by atoms with van der Waals surface area (Å²) in [5.41, 5.74) is 2.00. The predicted octanol–water partition coefficient (Wildman–Crippen LogP) is 5.98. The number of hydrogen-bond acceptors (Lipinski definition) is 10. The van der Waals surface area contributed by atoms with E-state index in [1.54, 1.807) is 23.9 Å². The first-order valence-electron chi connectivity index (χ1n) is 15.7. The van der Waals surface area contributed by atoms with Crippen LogP contribution >= 0.6 is 23.4 Å². The lowest BCUT2D eigenvalue weighted by Gasteiger charge is -2.31. The standard InChI is InChI=1S/C33H37ClFN5O5S/c34-25-16-22(3-4-26(25)35)39-32-24-17-28(29(18-27(24)37-20-38-32)45-19-21-7-13-43-14-8-21)36-10-1-2-31(41)40-11-5-23(6-12-40)46-30-9-15-44-33(30)42/h1-4,16-18,20-21,23,30,36H,5-15,19H2,(H,37,38,39). The highest BCUT2D eigenvalue weighted by molar-refractivity contribution is 8.01. The molecule has 3 aromatic rings. The number of cyclic esters (lactones) is 1. The maximum atomic E-state index is 13.7. The number of carbonyl (C=O) groups is 2. The minimum atomic E-state index is -0.500. The van der Waals surface area contributed by atoms with Crippen molar-refractivity contribution in [2.75, 3.05) is 56.7 Å². The van der Waals surface area contributed by atoms with Gasteiger partial charge < -0.3 is 29.7 Å². The van der Waals surface area contributed by atoms with Crippen molar-refractivity contribution in [1.29, 1.82) is 0 Å². The highest BCUT2D eigenvalue weighted by Crippen LogP contribution is 2.35. The number of rotatable bonds is 11. The Morgan fingerprint density at radius 3 is 2.70 bits per heavy atom. The summed E-state index contributed by atoms with van der Waals surface area (Å²) in [6.07, 6.45) is 9.26. The predicted molar refractivity (Wildman–Crippen MR) is 177 cm³/mol. The van der Waals surface area contributed by atoms with Gasteiger partial charge in [0.15, 0.2) is 0 Å². The maximum absolute atomic E-state index is 13.7. The fourth-order valence-electron chi connectivity index (χ4n) is 5.75. The molecule has 0 bridgehead atoms. The second-order valence-electron chi connectivity index (χ2n) is 11.6. The third-order valence-corrected chi connectivity index (χ3v) is 10.3. The first-order valence-corrected chi connectivity index (χ1v) is 17.0. The number of benzene rings is 2. The van der Waals surface area contributed by atoms with Gasteiger partial charge in [0.1, 0.15) is 29.0 Å². The first kappa shape index (κ1) is 32.3. The van der Waals surface area contributed by atoms with E-state index in [1.807, 2.05) is 23.1 Å². The summed E-state index contributed by atoms with van der Waals surface area (Å²) in [6.45, 7) is 4.25. The van der Waals surface area contributed by atoms with Gasteiger partial charge in [0, 0.05) is 67.7 Å². The molecule has 13 heteroatoms. The van der Waals surface area contributed by atoms with Crippen LogP contribution in [0.2, 0.25) is 5.02 Å². The number of nitrogens with one attached hydrogen (secondary N) is 2. The number of thioether (sulfide) groups is 1. The van der Waals surface area contributed by atoms with Gasteiger partial charge in [-0.2, -0.15) is 0 Å². The molecule has 0 spiro atoms. The zero-order valence-corrected chi connectivity index (χ0v) is 27.0. The maximum Gasteiger partial charge on any atom is 0.319 e. The molecule has 3 fully saturated rings. The van der Waals surface area contributed by atoms with Gasteiger partial charge in [-0.05, 0) is 55.9 Å². The van der Waals surface area contributed by atoms with Gasteiger partial charge in [-0.15, -0.1) is 11.8 Å². The Balaban J connectivity index is 1.12. The molecule has 3 aliphatic heterocycles. The van der Waals surface area contributed by atoms with Crippen molar-refractivity contribution in [2.45, 2.75) is 42.6 Å². The van der Waals surface area contributed by atoms with E-state index < -0.39 is 5.82 Å². The number of likely N-dealkylation sites (tertiary alicyclic amines) is 1. The number of fused-ring (bicyclic) bond motifs is 1. The van der Waals surface area contributed by atoms with E-state index >= 15 is 0 Å². The number of piperidine rings is 1. The van der Waals surface area contributed by atoms with Gasteiger partial charge >= 0.3 is 5.97 Å². The highest BCUT2D eigenvalue weighted by Gasteiger charge is 2.32. The van der Waals surface area contributed by atoms with Crippen molar-refractivity contribution in [3.8, 4) is 5.75 Å². The molecule has 46 heavy (non-hydrogen) atoms. The average Bonchev–Trinajstić information content (AvgIpc) is 3.48. The van der Waals surface area contributed by atoms with Crippen LogP contribution in [0, 0.1) is 11.7 Å². The molecule has 10 nitrogen and oxygen atoms in total. The van der Waals surface area contributed by atoms with E-state index in [0.29, 0.717) is 66.8 Å². The Labute approximate surface area is 276 Å². The Kier molecular flexibility index (Phi) is 10.8. The molecule has 1 unspecified atom stereocenters. The Morgan fingerprint density at radius 1 is 1.11 bits per heavy atom. The second kappa shape index (κ2) is 15.3. The molecule has 244 valence electrons. The Hall–Kier alpha value is -3.61. The van der Waals surface area contributed by atoms with Crippen LogP contribution in [0.4, 0.5) is 21.6 Å². The molecular weight excluding hydrogens is 633 g/mol. The average molecular weight is 670 g/mol. The number of anilines is 3. The van der Waals surface area contributed by atoms with E-state index in [1.165, 1.54) is 18.5 Å². The van der Waals surface area contributed by atoms with Crippen molar-refractivity contribution in [3.63, 3.8) is 0 Å². The molecule has 0 saturated carbocycles. The second-order valence-corrected chi connectivity index (χ2v) is 13.5. The summed E-state index contributed by atoms with van der Waals surface area (Å²) in [5.74, 6) is 0.941. The Bertz CT molecular complexity index is 1580. The molecule has 2 aromatic carbocycles. The lowest BCUT2D eigenvalue weighted by Crippen LogP contribution is -2.39. The van der Waals surface area contributed by atoms with Crippen LogP contribution in [0.5, 0.6) is 5.75 Å². The number of ether oxygens (including phenoxy) is 3. The molecule has 3 saturated heterocycles. The molecule has 1 aromatic heterocycles. The van der Waals surface area contributed by atoms with E-state index in [2.05, 4.69) is 20.6 Å². The molecular formula is C33H37ClFN5O5S. The first-order chi connectivity index (χ1) is 22.4. The molecule has 3 aliphatic rings. The van der Waals surface area contributed by atoms with E-state index in [9.17, 15) is 14.0 Å². The quantitative estimate of drug-likeness (QED) is 0.187. The molecule has 0 radical (unpaired) electrons. The van der Waals surface area contributed by atoms with Gasteiger partial charge in [-0.1, -0.05) is 17.7 Å². The number of amides is 1. The van der Waals surface area contributed by atoms with Crippen LogP contribution in [0.25, 0.3) is 10.9 Å². The summed E-state index contributed by atoms with van der Waals surface area (Å²) in [7, 11) is 0. The van der Waals surface area contributed by atoms with Crippen molar-refractivity contribution in [3.05, 3.63) is 59.7 Å². The van der Waals surface area contributed by atoms with Gasteiger partial charge in [0.25, 0.3) is 0 Å². The lowest BCUT2D eigenvalue weighted by molar-refractivity contribution is -0.137. The van der Waals surface area contributed by atoms with Crippen molar-refractivity contribution >= 4 is 63.3 Å². The summed E-state index contributed by atoms with van der Waals surface area (Å²) in [4.78, 5) is 35.5. The van der Waals surface area contributed by atoms with Crippen LogP contribution < -0.4 is 15.4 Å². The number of halogens is 2. The van der Waals surface area contributed by atoms with Crippen LogP contribution in [-0.4, -0.2) is 83.3 Å². The van der Waals surface area contributed by atoms with E-state index in [0.717, 1.165) is 56.4 Å². The smallest absolute Gasteiger partial charge is 0.319 e. The molecule has 4 heterocycles. The zero-order valence-electron chi connectivity index (χ0n) is 25.4. The lowest BCUT2D eigenvalue weighted by atomic mass is 10.0. The third-order valence-electron chi connectivity index (χ3n) is 8.40. The van der Waals surface area contributed by atoms with Crippen molar-refractivity contribution in [2.24, 2.45) is 5.92 Å². The third kappa shape index (κ3) is 8.21. The topological polar surface area (TPSA) is 115 Å². The number of carbonyl (C=O) groups excluding carboxylic acids is 2. The normalized spacial score (nSPS) is 19.5. The van der Waals surface area contributed by atoms with Crippen LogP contribution in [0.15, 0.2) is 48.8 Å². The summed E-state index contributed by atoms with van der Waals surface area (Å²) >= 11 is 7.69. The summed E-state index contributed by atoms with van der Waals surface area (Å²) in [5, 5.41) is 7.65. The fraction of sp³-hybridized carbons (Fsp3) is 0.455. The summed E-state index contributed by atoms with van der Waals surface area (Å²) < 4.78 is 30.6. The molecule has 0 aliphatic carbocycles. The number of esters is 1. The Morgan fingerprint density at radius 2 is 1.93 bits per heavy atom. The van der Waals surface area contributed by atoms with Gasteiger partial charge in [-0.25, -0.2) is 14.4 Å². The molecule has 1 atom stereocenters.